The highest BCUT2D eigenvalue weighted by atomic mass is 16.2. The number of nitrogens with zero attached hydrogens (tertiary/aromatic N) is 5. The number of rotatable bonds is 6. The van der Waals surface area contributed by atoms with Crippen molar-refractivity contribution in [2.45, 2.75) is 33.6 Å². The van der Waals surface area contributed by atoms with Gasteiger partial charge in [-0.1, -0.05) is 25.5 Å². The van der Waals surface area contributed by atoms with Gasteiger partial charge in [-0.05, 0) is 37.5 Å². The third-order valence-electron chi connectivity index (χ3n) is 5.56. The van der Waals surface area contributed by atoms with Crippen molar-refractivity contribution in [1.82, 2.24) is 14.9 Å². The molecule has 1 amide bonds. The number of amides is 1. The molecule has 1 aromatic carbocycles. The number of hydrogen-bond donors (Lipinski definition) is 0. The minimum atomic E-state index is -0.0141. The third kappa shape index (κ3) is 4.43. The van der Waals surface area contributed by atoms with Gasteiger partial charge in [-0.25, -0.2) is 9.97 Å². The summed E-state index contributed by atoms with van der Waals surface area (Å²) in [7, 11) is 1.83. The Balaban J connectivity index is 1.60. The highest BCUT2D eigenvalue weighted by molar-refractivity contribution is 5.93. The molecule has 1 saturated heterocycles. The normalized spacial score (nSPS) is 14.3. The first-order chi connectivity index (χ1) is 13.5. The minimum absolute atomic E-state index is 0.0141. The largest absolute Gasteiger partial charge is 0.368 e. The zero-order valence-corrected chi connectivity index (χ0v) is 17.5. The molecule has 0 radical (unpaired) electrons. The Hall–Kier alpha value is -2.63. The van der Waals surface area contributed by atoms with E-state index < -0.39 is 0 Å². The Bertz CT molecular complexity index is 797. The van der Waals surface area contributed by atoms with Crippen LogP contribution in [-0.4, -0.2) is 60.5 Å². The Kier molecular flexibility index (Phi) is 6.49. The fourth-order valence-electron chi connectivity index (χ4n) is 3.54. The van der Waals surface area contributed by atoms with E-state index in [0.29, 0.717) is 11.5 Å². The van der Waals surface area contributed by atoms with Gasteiger partial charge in [0, 0.05) is 57.9 Å². The van der Waals surface area contributed by atoms with Crippen LogP contribution in [0.5, 0.6) is 0 Å². The second-order valence-electron chi connectivity index (χ2n) is 7.55. The number of benzene rings is 1. The molecule has 2 heterocycles. The molecule has 0 aliphatic carbocycles. The van der Waals surface area contributed by atoms with E-state index >= 15 is 0 Å². The maximum Gasteiger partial charge on any atom is 0.256 e. The SMILES string of the molecule is CCCCN(C)C(=O)c1cnc(N2CCN(c3cccc(C)c3C)CC2)nc1. The van der Waals surface area contributed by atoms with Crippen molar-refractivity contribution in [2.24, 2.45) is 0 Å². The van der Waals surface area contributed by atoms with Crippen LogP contribution in [0.1, 0.15) is 41.3 Å². The maximum atomic E-state index is 12.4. The second-order valence-corrected chi connectivity index (χ2v) is 7.55. The fraction of sp³-hybridized carbons (Fsp3) is 0.500. The fourth-order valence-corrected chi connectivity index (χ4v) is 3.54. The van der Waals surface area contributed by atoms with Crippen LogP contribution in [0.25, 0.3) is 0 Å². The number of piperazine rings is 1. The number of carbonyl (C=O) groups excluding carboxylic acids is 1. The van der Waals surface area contributed by atoms with Crippen molar-refractivity contribution in [1.29, 1.82) is 0 Å². The van der Waals surface area contributed by atoms with Gasteiger partial charge in [0.05, 0.1) is 5.56 Å². The lowest BCUT2D eigenvalue weighted by molar-refractivity contribution is 0.0792. The maximum absolute atomic E-state index is 12.4. The molecule has 3 rings (SSSR count). The molecular weight excluding hydrogens is 350 g/mol. The number of aryl methyl sites for hydroxylation is 1. The van der Waals surface area contributed by atoms with E-state index in [-0.39, 0.29) is 5.91 Å². The number of unbranched alkanes of at least 4 members (excludes halogenated alkanes) is 1. The van der Waals surface area contributed by atoms with E-state index in [9.17, 15) is 4.79 Å². The molecule has 0 unspecified atom stereocenters. The third-order valence-corrected chi connectivity index (χ3v) is 5.56. The summed E-state index contributed by atoms with van der Waals surface area (Å²) in [6.07, 6.45) is 5.39. The van der Waals surface area contributed by atoms with Crippen LogP contribution in [0.4, 0.5) is 11.6 Å². The van der Waals surface area contributed by atoms with Crippen LogP contribution < -0.4 is 9.80 Å². The molecule has 6 heteroatoms. The molecule has 1 aromatic heterocycles. The summed E-state index contributed by atoms with van der Waals surface area (Å²) >= 11 is 0. The van der Waals surface area contributed by atoms with Crippen molar-refractivity contribution < 1.29 is 4.79 Å². The predicted octanol–water partition coefficient (Wildman–Crippen LogP) is 3.29. The van der Waals surface area contributed by atoms with E-state index in [1.165, 1.54) is 16.8 Å². The standard InChI is InChI=1S/C22H31N5O/c1-5-6-10-25(4)21(28)19-15-23-22(24-16-19)27-13-11-26(12-14-27)20-9-7-8-17(2)18(20)3/h7-9,15-16H,5-6,10-14H2,1-4H3. The van der Waals surface area contributed by atoms with Gasteiger partial charge in [0.2, 0.25) is 5.95 Å². The van der Waals surface area contributed by atoms with Gasteiger partial charge in [-0.3, -0.25) is 4.79 Å². The van der Waals surface area contributed by atoms with Gasteiger partial charge in [-0.2, -0.15) is 0 Å². The molecule has 1 fully saturated rings. The number of hydrogen-bond acceptors (Lipinski definition) is 5. The van der Waals surface area contributed by atoms with Crippen molar-refractivity contribution >= 4 is 17.5 Å². The molecule has 0 saturated carbocycles. The molecule has 0 spiro atoms. The number of carbonyl (C=O) groups is 1. The molecule has 1 aliphatic rings. The Morgan fingerprint density at radius 3 is 2.36 bits per heavy atom. The first-order valence-corrected chi connectivity index (χ1v) is 10.1. The van der Waals surface area contributed by atoms with Crippen LogP contribution in [0.15, 0.2) is 30.6 Å². The van der Waals surface area contributed by atoms with Crippen molar-refractivity contribution in [3.8, 4) is 0 Å². The molecule has 0 N–H and O–H groups in total. The number of aromatic nitrogens is 2. The summed E-state index contributed by atoms with van der Waals surface area (Å²) in [5, 5.41) is 0. The van der Waals surface area contributed by atoms with Gasteiger partial charge < -0.3 is 14.7 Å². The van der Waals surface area contributed by atoms with Crippen molar-refractivity contribution in [3.63, 3.8) is 0 Å². The summed E-state index contributed by atoms with van der Waals surface area (Å²) in [6, 6.07) is 6.48. The topological polar surface area (TPSA) is 52.6 Å². The molecule has 6 nitrogen and oxygen atoms in total. The molecule has 2 aromatic rings. The van der Waals surface area contributed by atoms with Crippen LogP contribution in [-0.2, 0) is 0 Å². The van der Waals surface area contributed by atoms with Gasteiger partial charge >= 0.3 is 0 Å². The lowest BCUT2D eigenvalue weighted by Gasteiger charge is -2.37. The Morgan fingerprint density at radius 2 is 1.71 bits per heavy atom. The van der Waals surface area contributed by atoms with Gasteiger partial charge in [-0.15, -0.1) is 0 Å². The van der Waals surface area contributed by atoms with Crippen LogP contribution in [0.3, 0.4) is 0 Å². The Morgan fingerprint density at radius 1 is 1.07 bits per heavy atom. The minimum Gasteiger partial charge on any atom is -0.368 e. The van der Waals surface area contributed by atoms with Gasteiger partial charge in [0.1, 0.15) is 0 Å². The molecule has 1 aliphatic heterocycles. The van der Waals surface area contributed by atoms with Gasteiger partial charge in [0.25, 0.3) is 5.91 Å². The van der Waals surface area contributed by atoms with Gasteiger partial charge in [0.15, 0.2) is 0 Å². The second kappa shape index (κ2) is 9.04. The monoisotopic (exact) mass is 381 g/mol. The van der Waals surface area contributed by atoms with Crippen LogP contribution in [0, 0.1) is 13.8 Å². The Labute approximate surface area is 168 Å². The van der Waals surface area contributed by atoms with Crippen LogP contribution in [0.2, 0.25) is 0 Å². The summed E-state index contributed by atoms with van der Waals surface area (Å²) < 4.78 is 0. The summed E-state index contributed by atoms with van der Waals surface area (Å²) in [4.78, 5) is 27.7. The zero-order chi connectivity index (χ0) is 20.1. The van der Waals surface area contributed by atoms with Crippen LogP contribution >= 0.6 is 0 Å². The average Bonchev–Trinajstić information content (AvgIpc) is 2.73. The average molecular weight is 382 g/mol. The first-order valence-electron chi connectivity index (χ1n) is 10.1. The molecule has 28 heavy (non-hydrogen) atoms. The molecule has 0 atom stereocenters. The zero-order valence-electron chi connectivity index (χ0n) is 17.5. The molecule has 0 bridgehead atoms. The van der Waals surface area contributed by atoms with E-state index in [2.05, 4.69) is 58.7 Å². The summed E-state index contributed by atoms with van der Waals surface area (Å²) in [5.41, 5.74) is 4.54. The van der Waals surface area contributed by atoms with E-state index in [1.54, 1.807) is 17.3 Å². The highest BCUT2D eigenvalue weighted by Crippen LogP contribution is 2.24. The smallest absolute Gasteiger partial charge is 0.256 e. The summed E-state index contributed by atoms with van der Waals surface area (Å²) in [5.74, 6) is 0.688. The first kappa shape index (κ1) is 20.1. The summed E-state index contributed by atoms with van der Waals surface area (Å²) in [6.45, 7) is 10.9. The van der Waals surface area contributed by atoms with Crippen molar-refractivity contribution in [3.05, 3.63) is 47.3 Å². The molecule has 150 valence electrons. The quantitative estimate of drug-likeness (QED) is 0.768. The lowest BCUT2D eigenvalue weighted by Crippen LogP contribution is -2.47. The predicted molar refractivity (Wildman–Crippen MR) is 114 cm³/mol. The molecular formula is C22H31N5O. The van der Waals surface area contributed by atoms with Crippen molar-refractivity contribution in [2.75, 3.05) is 49.6 Å². The van der Waals surface area contributed by atoms with E-state index in [1.807, 2.05) is 7.05 Å². The highest BCUT2D eigenvalue weighted by Gasteiger charge is 2.21. The lowest BCUT2D eigenvalue weighted by atomic mass is 10.1. The van der Waals surface area contributed by atoms with E-state index in [4.69, 9.17) is 0 Å². The number of anilines is 2. The van der Waals surface area contributed by atoms with E-state index in [0.717, 1.165) is 45.6 Å².